The maximum atomic E-state index is 13.1. The minimum Gasteiger partial charge on any atom is -0.493 e. The van der Waals surface area contributed by atoms with Gasteiger partial charge in [0.1, 0.15) is 5.58 Å². The van der Waals surface area contributed by atoms with Gasteiger partial charge in [0.15, 0.2) is 17.3 Å². The standard InChI is InChI=1S/C24H18O6/c1-27-19-13-12-16(14-20(19)28-2)24(26)30-23-21(25)17-10-6-7-11-18(17)29-22(23)15-8-4-3-5-9-15/h3-14H,1-2H3. The Bertz CT molecular complexity index is 1270. The van der Waals surface area contributed by atoms with E-state index in [1.165, 1.54) is 26.4 Å². The molecule has 0 amide bonds. The van der Waals surface area contributed by atoms with E-state index in [1.807, 2.05) is 18.2 Å². The molecule has 150 valence electrons. The number of esters is 1. The molecule has 6 nitrogen and oxygen atoms in total. The van der Waals surface area contributed by atoms with E-state index in [4.69, 9.17) is 18.6 Å². The smallest absolute Gasteiger partial charge is 0.343 e. The van der Waals surface area contributed by atoms with Crippen molar-refractivity contribution in [1.82, 2.24) is 0 Å². The van der Waals surface area contributed by atoms with Crippen molar-refractivity contribution in [2.45, 2.75) is 0 Å². The lowest BCUT2D eigenvalue weighted by Crippen LogP contribution is -2.16. The molecule has 0 aliphatic rings. The summed E-state index contributed by atoms with van der Waals surface area (Å²) in [4.78, 5) is 26.0. The first-order valence-corrected chi connectivity index (χ1v) is 9.18. The van der Waals surface area contributed by atoms with E-state index in [-0.39, 0.29) is 17.1 Å². The zero-order chi connectivity index (χ0) is 21.1. The molecule has 0 saturated heterocycles. The van der Waals surface area contributed by atoms with Gasteiger partial charge in [0.05, 0.1) is 25.2 Å². The molecule has 1 heterocycles. The lowest BCUT2D eigenvalue weighted by atomic mass is 10.1. The van der Waals surface area contributed by atoms with E-state index < -0.39 is 11.4 Å². The first-order chi connectivity index (χ1) is 14.6. The predicted octanol–water partition coefficient (Wildman–Crippen LogP) is 4.70. The summed E-state index contributed by atoms with van der Waals surface area (Å²) in [5, 5.41) is 0.326. The van der Waals surface area contributed by atoms with Crippen molar-refractivity contribution in [3.05, 3.63) is 88.6 Å². The monoisotopic (exact) mass is 402 g/mol. The molecule has 0 saturated carbocycles. The molecule has 4 rings (SSSR count). The summed E-state index contributed by atoms with van der Waals surface area (Å²) in [6.07, 6.45) is 0. The van der Waals surface area contributed by atoms with Crippen molar-refractivity contribution in [3.63, 3.8) is 0 Å². The van der Waals surface area contributed by atoms with Gasteiger partial charge in [0, 0.05) is 5.56 Å². The summed E-state index contributed by atoms with van der Waals surface area (Å²) < 4.78 is 21.9. The van der Waals surface area contributed by atoms with Crippen LogP contribution < -0.4 is 19.6 Å². The highest BCUT2D eigenvalue weighted by Gasteiger charge is 2.22. The fraction of sp³-hybridized carbons (Fsp3) is 0.0833. The van der Waals surface area contributed by atoms with Crippen LogP contribution in [-0.4, -0.2) is 20.2 Å². The van der Waals surface area contributed by atoms with Gasteiger partial charge in [0.2, 0.25) is 11.2 Å². The Hall–Kier alpha value is -4.06. The maximum Gasteiger partial charge on any atom is 0.343 e. The number of ether oxygens (including phenoxy) is 3. The Kier molecular flexibility index (Phi) is 5.22. The molecule has 0 N–H and O–H groups in total. The largest absolute Gasteiger partial charge is 0.493 e. The van der Waals surface area contributed by atoms with E-state index in [9.17, 15) is 9.59 Å². The molecule has 0 unspecified atom stereocenters. The summed E-state index contributed by atoms with van der Waals surface area (Å²) in [7, 11) is 2.97. The first kappa shape index (κ1) is 19.3. The van der Waals surface area contributed by atoms with Crippen molar-refractivity contribution >= 4 is 16.9 Å². The molecular weight excluding hydrogens is 384 g/mol. The first-order valence-electron chi connectivity index (χ1n) is 9.18. The number of carbonyl (C=O) groups is 1. The van der Waals surface area contributed by atoms with Gasteiger partial charge in [0.25, 0.3) is 0 Å². The lowest BCUT2D eigenvalue weighted by Gasteiger charge is -2.12. The fourth-order valence-corrected chi connectivity index (χ4v) is 3.11. The summed E-state index contributed by atoms with van der Waals surface area (Å²) >= 11 is 0. The van der Waals surface area contributed by atoms with Gasteiger partial charge in [-0.2, -0.15) is 0 Å². The summed E-state index contributed by atoms with van der Waals surface area (Å²) in [5.41, 5.74) is 0.812. The molecule has 0 atom stereocenters. The third-order valence-corrected chi connectivity index (χ3v) is 4.61. The normalized spacial score (nSPS) is 10.6. The van der Waals surface area contributed by atoms with E-state index >= 15 is 0 Å². The number of rotatable bonds is 5. The van der Waals surface area contributed by atoms with Crippen LogP contribution in [0.15, 0.2) is 82.0 Å². The fourth-order valence-electron chi connectivity index (χ4n) is 3.11. The number of fused-ring (bicyclic) bond motifs is 1. The van der Waals surface area contributed by atoms with Crippen LogP contribution in [0.1, 0.15) is 10.4 Å². The third-order valence-electron chi connectivity index (χ3n) is 4.61. The molecule has 1 aromatic heterocycles. The van der Waals surface area contributed by atoms with Crippen molar-refractivity contribution in [2.24, 2.45) is 0 Å². The van der Waals surface area contributed by atoms with Gasteiger partial charge in [-0.25, -0.2) is 4.79 Å². The highest BCUT2D eigenvalue weighted by Crippen LogP contribution is 2.32. The van der Waals surface area contributed by atoms with Crippen LogP contribution in [0.5, 0.6) is 17.2 Å². The highest BCUT2D eigenvalue weighted by atomic mass is 16.5. The zero-order valence-electron chi connectivity index (χ0n) is 16.4. The number of hydrogen-bond acceptors (Lipinski definition) is 6. The van der Waals surface area contributed by atoms with Crippen molar-refractivity contribution in [3.8, 4) is 28.6 Å². The van der Waals surface area contributed by atoms with Gasteiger partial charge in [-0.3, -0.25) is 4.79 Å². The van der Waals surface area contributed by atoms with Crippen LogP contribution in [0.2, 0.25) is 0 Å². The Morgan fingerprint density at radius 1 is 0.833 bits per heavy atom. The minimum atomic E-state index is -0.712. The summed E-state index contributed by atoms with van der Waals surface area (Å²) in [6.45, 7) is 0. The molecule has 4 aromatic rings. The third kappa shape index (κ3) is 3.51. The average Bonchev–Trinajstić information content (AvgIpc) is 2.80. The maximum absolute atomic E-state index is 13.1. The molecule has 3 aromatic carbocycles. The van der Waals surface area contributed by atoms with Crippen LogP contribution in [0, 0.1) is 0 Å². The summed E-state index contributed by atoms with van der Waals surface area (Å²) in [6, 6.07) is 20.5. The number of carbonyl (C=O) groups excluding carboxylic acids is 1. The second kappa shape index (κ2) is 8.13. The van der Waals surface area contributed by atoms with E-state index in [1.54, 1.807) is 42.5 Å². The number of hydrogen-bond donors (Lipinski definition) is 0. The van der Waals surface area contributed by atoms with Crippen molar-refractivity contribution < 1.29 is 23.4 Å². The van der Waals surface area contributed by atoms with E-state index in [0.717, 1.165) is 0 Å². The SMILES string of the molecule is COc1ccc(C(=O)Oc2c(-c3ccccc3)oc3ccccc3c2=O)cc1OC. The molecule has 0 fully saturated rings. The van der Waals surface area contributed by atoms with Gasteiger partial charge in [-0.1, -0.05) is 42.5 Å². The van der Waals surface area contributed by atoms with Crippen LogP contribution in [0.3, 0.4) is 0 Å². The van der Waals surface area contributed by atoms with Gasteiger partial charge in [-0.15, -0.1) is 0 Å². The molecule has 0 bridgehead atoms. The average molecular weight is 402 g/mol. The molecule has 0 aliphatic heterocycles. The van der Waals surface area contributed by atoms with Crippen LogP contribution >= 0.6 is 0 Å². The highest BCUT2D eigenvalue weighted by molar-refractivity contribution is 5.93. The minimum absolute atomic E-state index is 0.167. The zero-order valence-corrected chi connectivity index (χ0v) is 16.4. The van der Waals surface area contributed by atoms with Crippen molar-refractivity contribution in [1.29, 1.82) is 0 Å². The quantitative estimate of drug-likeness (QED) is 0.451. The number of methoxy groups -OCH3 is 2. The summed E-state index contributed by atoms with van der Waals surface area (Å²) in [5.74, 6) is 0.161. The van der Waals surface area contributed by atoms with Crippen LogP contribution in [0.25, 0.3) is 22.3 Å². The molecule has 0 spiro atoms. The lowest BCUT2D eigenvalue weighted by molar-refractivity contribution is 0.0731. The Morgan fingerprint density at radius 2 is 1.53 bits per heavy atom. The Morgan fingerprint density at radius 3 is 2.27 bits per heavy atom. The van der Waals surface area contributed by atoms with Gasteiger partial charge < -0.3 is 18.6 Å². The van der Waals surface area contributed by atoms with E-state index in [2.05, 4.69) is 0 Å². The predicted molar refractivity (Wildman–Crippen MR) is 112 cm³/mol. The second-order valence-electron chi connectivity index (χ2n) is 6.41. The van der Waals surface area contributed by atoms with E-state index in [0.29, 0.717) is 28.0 Å². The van der Waals surface area contributed by atoms with Crippen molar-refractivity contribution in [2.75, 3.05) is 14.2 Å². The molecular formula is C24H18O6. The molecule has 0 radical (unpaired) electrons. The van der Waals surface area contributed by atoms with Gasteiger partial charge >= 0.3 is 5.97 Å². The van der Waals surface area contributed by atoms with Crippen LogP contribution in [-0.2, 0) is 0 Å². The Labute approximate surface area is 172 Å². The van der Waals surface area contributed by atoms with Crippen LogP contribution in [0.4, 0.5) is 0 Å². The molecule has 6 heteroatoms. The van der Waals surface area contributed by atoms with Gasteiger partial charge in [-0.05, 0) is 30.3 Å². The Balaban J connectivity index is 1.83. The topological polar surface area (TPSA) is 75.0 Å². The second-order valence-corrected chi connectivity index (χ2v) is 6.41. The number of para-hydroxylation sites is 1. The molecule has 0 aliphatic carbocycles. The number of benzene rings is 3. The molecule has 30 heavy (non-hydrogen) atoms.